The molecular formula is C25H29BClN5O5. The van der Waals surface area contributed by atoms with Crippen molar-refractivity contribution in [2.24, 2.45) is 11.1 Å². The van der Waals surface area contributed by atoms with Gasteiger partial charge in [-0.25, -0.2) is 4.98 Å². The van der Waals surface area contributed by atoms with Crippen molar-refractivity contribution in [3.63, 3.8) is 0 Å². The molecule has 2 aromatic heterocycles. The summed E-state index contributed by atoms with van der Waals surface area (Å²) >= 11 is 6.15. The topological polar surface area (TPSA) is 138 Å². The summed E-state index contributed by atoms with van der Waals surface area (Å²) in [6.07, 6.45) is 5.75. The quantitative estimate of drug-likeness (QED) is 0.299. The summed E-state index contributed by atoms with van der Waals surface area (Å²) in [6.45, 7) is 3.90. The molecule has 0 fully saturated rings. The van der Waals surface area contributed by atoms with Crippen molar-refractivity contribution >= 4 is 41.9 Å². The highest BCUT2D eigenvalue weighted by Gasteiger charge is 2.48. The van der Waals surface area contributed by atoms with Crippen LogP contribution < -0.4 is 10.6 Å². The number of amides is 2. The van der Waals surface area contributed by atoms with Crippen LogP contribution >= 0.6 is 11.6 Å². The predicted molar refractivity (Wildman–Crippen MR) is 140 cm³/mol. The van der Waals surface area contributed by atoms with Crippen LogP contribution in [-0.4, -0.2) is 62.2 Å². The van der Waals surface area contributed by atoms with E-state index in [-0.39, 0.29) is 31.2 Å². The molecule has 4 N–H and O–H groups in total. The molecule has 2 unspecified atom stereocenters. The minimum atomic E-state index is -1.74. The number of fused-ring (bicyclic) bond motifs is 1. The van der Waals surface area contributed by atoms with Crippen molar-refractivity contribution in [2.45, 2.75) is 44.7 Å². The Morgan fingerprint density at radius 2 is 2.05 bits per heavy atom. The number of halogens is 1. The third kappa shape index (κ3) is 6.30. The van der Waals surface area contributed by atoms with Crippen molar-refractivity contribution in [1.82, 2.24) is 20.0 Å². The zero-order valence-corrected chi connectivity index (χ0v) is 21.4. The highest BCUT2D eigenvalue weighted by molar-refractivity contribution is 6.43. The standard InChI is InChI=1S/C25H29BClN5O5/c1-16(2)11-21(26(35)36)30-24(34)25(13-17-5-3-6-18(27)12-17)14-19(31-37-25)15-29-23(33)20-7-4-9-32-10-8-28-22(20)32/h3-10,12,16,21,35-36H,11,13-15H2,1-2H3,(H,29,33)(H,30,34). The first kappa shape index (κ1) is 26.7. The van der Waals surface area contributed by atoms with E-state index in [0.717, 1.165) is 5.56 Å². The summed E-state index contributed by atoms with van der Waals surface area (Å²) in [4.78, 5) is 36.3. The lowest BCUT2D eigenvalue weighted by Gasteiger charge is -2.29. The Balaban J connectivity index is 1.50. The van der Waals surface area contributed by atoms with E-state index in [4.69, 9.17) is 16.4 Å². The molecule has 10 nitrogen and oxygen atoms in total. The number of imidazole rings is 1. The highest BCUT2D eigenvalue weighted by atomic mass is 35.5. The van der Waals surface area contributed by atoms with Crippen LogP contribution in [0.4, 0.5) is 0 Å². The number of carbonyl (C=O) groups is 2. The number of benzene rings is 1. The van der Waals surface area contributed by atoms with E-state index >= 15 is 0 Å². The monoisotopic (exact) mass is 525 g/mol. The Morgan fingerprint density at radius 3 is 2.78 bits per heavy atom. The van der Waals surface area contributed by atoms with Crippen molar-refractivity contribution in [2.75, 3.05) is 6.54 Å². The van der Waals surface area contributed by atoms with E-state index < -0.39 is 24.6 Å². The lowest BCUT2D eigenvalue weighted by molar-refractivity contribution is -0.144. The van der Waals surface area contributed by atoms with Crippen LogP contribution in [0.3, 0.4) is 0 Å². The van der Waals surface area contributed by atoms with E-state index in [9.17, 15) is 19.6 Å². The molecular weight excluding hydrogens is 497 g/mol. The average Bonchev–Trinajstić information content (AvgIpc) is 3.49. The number of nitrogens with one attached hydrogen (secondary N) is 2. The van der Waals surface area contributed by atoms with Gasteiger partial charge in [0.05, 0.1) is 23.8 Å². The van der Waals surface area contributed by atoms with Crippen molar-refractivity contribution in [1.29, 1.82) is 0 Å². The minimum absolute atomic E-state index is 0.0587. The van der Waals surface area contributed by atoms with E-state index in [2.05, 4.69) is 20.8 Å². The molecule has 0 aliphatic carbocycles. The average molecular weight is 526 g/mol. The maximum atomic E-state index is 13.5. The maximum Gasteiger partial charge on any atom is 0.475 e. The molecule has 0 spiro atoms. The Kier molecular flexibility index (Phi) is 8.16. The zero-order chi connectivity index (χ0) is 26.6. The van der Waals surface area contributed by atoms with Crippen molar-refractivity contribution in [3.8, 4) is 0 Å². The van der Waals surface area contributed by atoms with Gasteiger partial charge in [-0.2, -0.15) is 0 Å². The first-order valence-corrected chi connectivity index (χ1v) is 12.4. The van der Waals surface area contributed by atoms with Gasteiger partial charge in [-0.1, -0.05) is 42.7 Å². The molecule has 0 saturated heterocycles. The van der Waals surface area contributed by atoms with E-state index in [1.165, 1.54) is 0 Å². The molecule has 1 aromatic carbocycles. The highest BCUT2D eigenvalue weighted by Crippen LogP contribution is 2.30. The number of nitrogens with zero attached hydrogens (tertiary/aromatic N) is 3. The fraction of sp³-hybridized carbons (Fsp3) is 0.360. The van der Waals surface area contributed by atoms with Crippen LogP contribution in [0.5, 0.6) is 0 Å². The van der Waals surface area contributed by atoms with Crippen LogP contribution in [0.1, 0.15) is 42.6 Å². The number of carbonyl (C=O) groups excluding carboxylic acids is 2. The number of rotatable bonds is 10. The summed E-state index contributed by atoms with van der Waals surface area (Å²) < 4.78 is 1.74. The number of hydrogen-bond donors (Lipinski definition) is 4. The third-order valence-electron chi connectivity index (χ3n) is 6.15. The molecule has 2 atom stereocenters. The molecule has 0 saturated carbocycles. The molecule has 1 aliphatic rings. The molecule has 194 valence electrons. The second-order valence-electron chi connectivity index (χ2n) is 9.61. The van der Waals surface area contributed by atoms with E-state index in [0.29, 0.717) is 28.4 Å². The van der Waals surface area contributed by atoms with Gasteiger partial charge >= 0.3 is 7.12 Å². The van der Waals surface area contributed by atoms with Gasteiger partial charge in [-0.15, -0.1) is 0 Å². The lowest BCUT2D eigenvalue weighted by Crippen LogP contribution is -2.56. The molecule has 1 aliphatic heterocycles. The number of aromatic nitrogens is 2. The maximum absolute atomic E-state index is 13.5. The summed E-state index contributed by atoms with van der Waals surface area (Å²) in [5, 5.41) is 29.8. The van der Waals surface area contributed by atoms with Gasteiger partial charge in [0.25, 0.3) is 11.8 Å². The van der Waals surface area contributed by atoms with Crippen LogP contribution in [0.25, 0.3) is 5.65 Å². The Labute approximate surface area is 219 Å². The largest absolute Gasteiger partial charge is 0.475 e. The van der Waals surface area contributed by atoms with Crippen LogP contribution in [0.15, 0.2) is 60.1 Å². The first-order chi connectivity index (χ1) is 17.7. The molecule has 0 radical (unpaired) electrons. The zero-order valence-electron chi connectivity index (χ0n) is 20.6. The number of pyridine rings is 1. The second kappa shape index (κ2) is 11.3. The third-order valence-corrected chi connectivity index (χ3v) is 6.39. The summed E-state index contributed by atoms with van der Waals surface area (Å²) in [7, 11) is -1.74. The molecule has 37 heavy (non-hydrogen) atoms. The Bertz CT molecular complexity index is 1310. The number of oxime groups is 1. The van der Waals surface area contributed by atoms with Gasteiger partial charge in [0.2, 0.25) is 5.60 Å². The molecule has 0 bridgehead atoms. The smallest absolute Gasteiger partial charge is 0.426 e. The molecule has 3 heterocycles. The summed E-state index contributed by atoms with van der Waals surface area (Å²) in [6, 6.07) is 10.5. The summed E-state index contributed by atoms with van der Waals surface area (Å²) in [5.41, 5.74) is 0.698. The van der Waals surface area contributed by atoms with Crippen molar-refractivity contribution in [3.05, 3.63) is 71.1 Å². The molecule has 4 rings (SSSR count). The SMILES string of the molecule is CC(C)CC(NC(=O)C1(Cc2cccc(Cl)c2)CC(CNC(=O)c2cccn3ccnc23)=NO1)B(O)O. The predicted octanol–water partition coefficient (Wildman–Crippen LogP) is 2.02. The normalized spacial score (nSPS) is 17.8. The van der Waals surface area contributed by atoms with Gasteiger partial charge in [-0.05, 0) is 42.2 Å². The lowest BCUT2D eigenvalue weighted by atomic mass is 9.74. The fourth-order valence-electron chi connectivity index (χ4n) is 4.38. The van der Waals surface area contributed by atoms with Gasteiger partial charge < -0.3 is 29.9 Å². The van der Waals surface area contributed by atoms with Gasteiger partial charge in [0.1, 0.15) is 5.65 Å². The van der Waals surface area contributed by atoms with Crippen LogP contribution in [-0.2, 0) is 16.1 Å². The van der Waals surface area contributed by atoms with E-state index in [1.54, 1.807) is 53.3 Å². The van der Waals surface area contributed by atoms with Gasteiger partial charge in [-0.3, -0.25) is 9.59 Å². The Morgan fingerprint density at radius 1 is 1.24 bits per heavy atom. The fourth-order valence-corrected chi connectivity index (χ4v) is 4.59. The van der Waals surface area contributed by atoms with Crippen LogP contribution in [0, 0.1) is 5.92 Å². The minimum Gasteiger partial charge on any atom is -0.426 e. The first-order valence-electron chi connectivity index (χ1n) is 12.0. The molecule has 3 aromatic rings. The Hall–Kier alpha value is -3.41. The summed E-state index contributed by atoms with van der Waals surface area (Å²) in [5.74, 6) is -1.64. The van der Waals surface area contributed by atoms with Crippen molar-refractivity contribution < 1.29 is 24.5 Å². The molecule has 2 amide bonds. The van der Waals surface area contributed by atoms with E-state index in [1.807, 2.05) is 19.9 Å². The van der Waals surface area contributed by atoms with Gasteiger partial charge in [0, 0.05) is 36.5 Å². The molecule has 12 heteroatoms. The van der Waals surface area contributed by atoms with Crippen LogP contribution in [0.2, 0.25) is 5.02 Å². The number of hydrogen-bond acceptors (Lipinski definition) is 7. The van der Waals surface area contributed by atoms with Gasteiger partial charge in [0.15, 0.2) is 0 Å². The second-order valence-corrected chi connectivity index (χ2v) is 10.0.